The van der Waals surface area contributed by atoms with Crippen molar-refractivity contribution in [3.8, 4) is 5.75 Å². The summed E-state index contributed by atoms with van der Waals surface area (Å²) in [7, 11) is 2.08. The summed E-state index contributed by atoms with van der Waals surface area (Å²) in [6.45, 7) is 2.65. The molecule has 0 spiro atoms. The van der Waals surface area contributed by atoms with Gasteiger partial charge in [0.2, 0.25) is 0 Å². The summed E-state index contributed by atoms with van der Waals surface area (Å²) < 4.78 is 11.4. The summed E-state index contributed by atoms with van der Waals surface area (Å²) >= 11 is 0. The molecule has 0 radical (unpaired) electrons. The Morgan fingerprint density at radius 3 is 2.74 bits per heavy atom. The van der Waals surface area contributed by atoms with Crippen molar-refractivity contribution in [1.82, 2.24) is 5.32 Å². The van der Waals surface area contributed by atoms with Crippen LogP contribution in [0.4, 0.5) is 0 Å². The molecule has 104 valence electrons. The molecule has 19 heavy (non-hydrogen) atoms. The van der Waals surface area contributed by atoms with Crippen molar-refractivity contribution in [3.63, 3.8) is 0 Å². The van der Waals surface area contributed by atoms with Crippen LogP contribution in [0.25, 0.3) is 0 Å². The van der Waals surface area contributed by atoms with Gasteiger partial charge >= 0.3 is 0 Å². The van der Waals surface area contributed by atoms with Crippen LogP contribution in [0.2, 0.25) is 0 Å². The van der Waals surface area contributed by atoms with E-state index in [0.29, 0.717) is 12.0 Å². The maximum Gasteiger partial charge on any atom is 0.122 e. The summed E-state index contributed by atoms with van der Waals surface area (Å²) in [4.78, 5) is 0. The second kappa shape index (κ2) is 5.93. The molecule has 2 aliphatic heterocycles. The molecule has 1 aromatic rings. The molecule has 1 saturated heterocycles. The molecule has 3 nitrogen and oxygen atoms in total. The summed E-state index contributed by atoms with van der Waals surface area (Å²) in [5.74, 6) is 2.36. The van der Waals surface area contributed by atoms with Gasteiger partial charge in [-0.05, 0) is 43.9 Å². The fourth-order valence-corrected chi connectivity index (χ4v) is 3.51. The van der Waals surface area contributed by atoms with Crippen LogP contribution in [0.15, 0.2) is 24.3 Å². The predicted molar refractivity (Wildman–Crippen MR) is 75.5 cm³/mol. The number of rotatable bonds is 3. The first-order chi connectivity index (χ1) is 9.38. The van der Waals surface area contributed by atoms with Gasteiger partial charge < -0.3 is 14.8 Å². The lowest BCUT2D eigenvalue weighted by molar-refractivity contribution is 0.0382. The van der Waals surface area contributed by atoms with E-state index in [9.17, 15) is 0 Å². The van der Waals surface area contributed by atoms with E-state index in [1.165, 1.54) is 18.4 Å². The van der Waals surface area contributed by atoms with Crippen molar-refractivity contribution in [2.75, 3.05) is 26.9 Å². The second-order valence-corrected chi connectivity index (χ2v) is 5.65. The van der Waals surface area contributed by atoms with Crippen LogP contribution < -0.4 is 10.1 Å². The average Bonchev–Trinajstić information content (AvgIpc) is 2.49. The number of para-hydroxylation sites is 1. The summed E-state index contributed by atoms with van der Waals surface area (Å²) in [6, 6.07) is 8.96. The van der Waals surface area contributed by atoms with Gasteiger partial charge in [0.05, 0.1) is 6.61 Å². The zero-order chi connectivity index (χ0) is 13.1. The molecule has 3 rings (SSSR count). The smallest absolute Gasteiger partial charge is 0.122 e. The Kier molecular flexibility index (Phi) is 4.04. The van der Waals surface area contributed by atoms with E-state index >= 15 is 0 Å². The zero-order valence-corrected chi connectivity index (χ0v) is 11.6. The minimum Gasteiger partial charge on any atom is -0.493 e. The first kappa shape index (κ1) is 12.9. The maximum absolute atomic E-state index is 5.94. The van der Waals surface area contributed by atoms with E-state index in [1.54, 1.807) is 0 Å². The van der Waals surface area contributed by atoms with E-state index in [2.05, 4.69) is 30.6 Å². The van der Waals surface area contributed by atoms with Gasteiger partial charge in [-0.15, -0.1) is 0 Å². The second-order valence-electron chi connectivity index (χ2n) is 5.65. The van der Waals surface area contributed by atoms with E-state index in [1.807, 2.05) is 6.07 Å². The molecular formula is C16H23NO2. The third-order valence-corrected chi connectivity index (χ3v) is 4.52. The minimum absolute atomic E-state index is 0.539. The van der Waals surface area contributed by atoms with Crippen LogP contribution in [0.1, 0.15) is 18.4 Å². The van der Waals surface area contributed by atoms with Crippen LogP contribution >= 0.6 is 0 Å². The Hall–Kier alpha value is -1.06. The Labute approximate surface area is 115 Å². The topological polar surface area (TPSA) is 30.5 Å². The van der Waals surface area contributed by atoms with Gasteiger partial charge in [0.1, 0.15) is 5.75 Å². The highest BCUT2D eigenvalue weighted by Gasteiger charge is 2.32. The van der Waals surface area contributed by atoms with E-state index in [0.717, 1.165) is 37.9 Å². The molecule has 2 heterocycles. The number of benzene rings is 1. The van der Waals surface area contributed by atoms with Crippen molar-refractivity contribution in [1.29, 1.82) is 0 Å². The van der Waals surface area contributed by atoms with Gasteiger partial charge in [-0.25, -0.2) is 0 Å². The number of hydrogen-bond acceptors (Lipinski definition) is 3. The molecule has 1 fully saturated rings. The quantitative estimate of drug-likeness (QED) is 0.905. The lowest BCUT2D eigenvalue weighted by Crippen LogP contribution is -2.46. The van der Waals surface area contributed by atoms with Gasteiger partial charge in [-0.1, -0.05) is 18.2 Å². The largest absolute Gasteiger partial charge is 0.493 e. The number of hydrogen-bond donors (Lipinski definition) is 1. The van der Waals surface area contributed by atoms with Crippen LogP contribution in [0.3, 0.4) is 0 Å². The van der Waals surface area contributed by atoms with Gasteiger partial charge in [0.25, 0.3) is 0 Å². The van der Waals surface area contributed by atoms with Crippen LogP contribution in [0.5, 0.6) is 5.75 Å². The molecule has 1 aromatic carbocycles. The van der Waals surface area contributed by atoms with E-state index in [-0.39, 0.29) is 0 Å². The monoisotopic (exact) mass is 261 g/mol. The SMILES string of the molecule is CNC(C1CCOCC1)C1COc2ccccc2C1. The molecule has 2 aliphatic rings. The Balaban J connectivity index is 1.71. The van der Waals surface area contributed by atoms with Crippen LogP contribution in [-0.2, 0) is 11.2 Å². The summed E-state index contributed by atoms with van der Waals surface area (Å²) in [6.07, 6.45) is 3.46. The van der Waals surface area contributed by atoms with Gasteiger partial charge in [-0.2, -0.15) is 0 Å². The number of fused-ring (bicyclic) bond motifs is 1. The molecule has 0 aromatic heterocycles. The van der Waals surface area contributed by atoms with Gasteiger partial charge in [-0.3, -0.25) is 0 Å². The highest BCUT2D eigenvalue weighted by molar-refractivity contribution is 5.35. The molecule has 0 bridgehead atoms. The number of ether oxygens (including phenoxy) is 2. The average molecular weight is 261 g/mol. The molecule has 0 amide bonds. The Bertz CT molecular complexity index is 415. The van der Waals surface area contributed by atoms with E-state index < -0.39 is 0 Å². The molecule has 0 aliphatic carbocycles. The number of nitrogens with one attached hydrogen (secondary N) is 1. The van der Waals surface area contributed by atoms with Crippen molar-refractivity contribution in [2.24, 2.45) is 11.8 Å². The Morgan fingerprint density at radius 2 is 1.95 bits per heavy atom. The van der Waals surface area contributed by atoms with Crippen molar-refractivity contribution in [3.05, 3.63) is 29.8 Å². The molecule has 2 atom stereocenters. The fourth-order valence-electron chi connectivity index (χ4n) is 3.51. The molecule has 1 N–H and O–H groups in total. The highest BCUT2D eigenvalue weighted by Crippen LogP contribution is 2.32. The van der Waals surface area contributed by atoms with Crippen LogP contribution in [0, 0.1) is 11.8 Å². The van der Waals surface area contributed by atoms with E-state index in [4.69, 9.17) is 9.47 Å². The van der Waals surface area contributed by atoms with Crippen molar-refractivity contribution in [2.45, 2.75) is 25.3 Å². The van der Waals surface area contributed by atoms with Gasteiger partial charge in [0, 0.05) is 25.2 Å². The summed E-state index contributed by atoms with van der Waals surface area (Å²) in [5.41, 5.74) is 1.35. The molecule has 3 heteroatoms. The third kappa shape index (κ3) is 2.77. The van der Waals surface area contributed by atoms with Crippen molar-refractivity contribution < 1.29 is 9.47 Å². The third-order valence-electron chi connectivity index (χ3n) is 4.52. The zero-order valence-electron chi connectivity index (χ0n) is 11.6. The lowest BCUT2D eigenvalue weighted by Gasteiger charge is -2.37. The summed E-state index contributed by atoms with van der Waals surface area (Å²) in [5, 5.41) is 3.54. The standard InChI is InChI=1S/C16H23NO2/c1-17-16(12-6-8-18-9-7-12)14-10-13-4-2-3-5-15(13)19-11-14/h2-5,12,14,16-17H,6-11H2,1H3. The maximum atomic E-state index is 5.94. The first-order valence-corrected chi connectivity index (χ1v) is 7.34. The van der Waals surface area contributed by atoms with Crippen molar-refractivity contribution >= 4 is 0 Å². The highest BCUT2D eigenvalue weighted by atomic mass is 16.5. The Morgan fingerprint density at radius 1 is 1.16 bits per heavy atom. The molecule has 2 unspecified atom stereocenters. The lowest BCUT2D eigenvalue weighted by atomic mass is 9.80. The predicted octanol–water partition coefficient (Wildman–Crippen LogP) is 2.25. The first-order valence-electron chi connectivity index (χ1n) is 7.34. The molecular weight excluding hydrogens is 238 g/mol. The van der Waals surface area contributed by atoms with Gasteiger partial charge in [0.15, 0.2) is 0 Å². The normalized spacial score (nSPS) is 25.4. The molecule has 0 saturated carbocycles. The fraction of sp³-hybridized carbons (Fsp3) is 0.625. The minimum atomic E-state index is 0.539. The van der Waals surface area contributed by atoms with Crippen LogP contribution in [-0.4, -0.2) is 32.9 Å².